The third-order valence-electron chi connectivity index (χ3n) is 17.8. The van der Waals surface area contributed by atoms with Crippen molar-refractivity contribution in [3.63, 3.8) is 0 Å². The molecule has 0 atom stereocenters. The summed E-state index contributed by atoms with van der Waals surface area (Å²) in [6, 6.07) is 89.3. The summed E-state index contributed by atoms with van der Waals surface area (Å²) in [6.07, 6.45) is 0. The van der Waals surface area contributed by atoms with Gasteiger partial charge in [0.1, 0.15) is 0 Å². The average Bonchev–Trinajstić information content (AvgIpc) is 2.44. The molecule has 2 aliphatic rings. The molecule has 3 aromatic heterocycles. The number of hydrogen-bond acceptors (Lipinski definition) is 4. The van der Waals surface area contributed by atoms with Crippen molar-refractivity contribution >= 4 is 43.6 Å². The van der Waals surface area contributed by atoms with E-state index >= 15 is 0 Å². The first kappa shape index (κ1) is 47.5. The van der Waals surface area contributed by atoms with Gasteiger partial charge in [0.25, 0.3) is 0 Å². The second-order valence-corrected chi connectivity index (χ2v) is 23.0. The number of fused-ring (bicyclic) bond motifs is 14. The molecular weight excluding hydrogens is 997 g/mol. The number of benzene rings is 11. The zero-order valence-corrected chi connectivity index (χ0v) is 45.8. The van der Waals surface area contributed by atoms with Crippen LogP contribution in [0.25, 0.3) is 134 Å². The molecule has 0 aliphatic heterocycles. The van der Waals surface area contributed by atoms with E-state index in [4.69, 9.17) is 15.0 Å². The summed E-state index contributed by atoms with van der Waals surface area (Å²) >= 11 is 0. The summed E-state index contributed by atoms with van der Waals surface area (Å²) in [5.74, 6) is 1.78. The van der Waals surface area contributed by atoms with Crippen LogP contribution < -0.4 is 0 Å². The highest BCUT2D eigenvalue weighted by Gasteiger charge is 2.40. The van der Waals surface area contributed by atoms with Gasteiger partial charge in [0, 0.05) is 60.2 Å². The third-order valence-corrected chi connectivity index (χ3v) is 17.8. The lowest BCUT2D eigenvalue weighted by atomic mass is 9.80. The van der Waals surface area contributed by atoms with E-state index in [-0.39, 0.29) is 10.8 Å². The minimum atomic E-state index is -0.239. The second kappa shape index (κ2) is 17.8. The van der Waals surface area contributed by atoms with Crippen molar-refractivity contribution in [2.24, 2.45) is 0 Å². The van der Waals surface area contributed by atoms with Gasteiger partial charge in [-0.2, -0.15) is 5.26 Å². The smallest absolute Gasteiger partial charge is 0.164 e. The number of rotatable bonds is 7. The van der Waals surface area contributed by atoms with E-state index in [0.29, 0.717) is 23.0 Å². The fraction of sp³-hybridized carbons (Fsp3) is 0.0789. The van der Waals surface area contributed by atoms with Crippen LogP contribution in [0.1, 0.15) is 55.5 Å². The van der Waals surface area contributed by atoms with E-state index in [0.717, 1.165) is 72.4 Å². The largest absolute Gasteiger partial charge is 0.309 e. The number of hydrogen-bond donors (Lipinski definition) is 0. The average molecular weight is 1050 g/mol. The Labute approximate surface area is 475 Å². The second-order valence-electron chi connectivity index (χ2n) is 23.0. The maximum Gasteiger partial charge on any atom is 0.164 e. The number of nitrogens with zero attached hydrogens (tertiary/aromatic N) is 6. The minimum Gasteiger partial charge on any atom is -0.309 e. The van der Waals surface area contributed by atoms with Gasteiger partial charge in [0.2, 0.25) is 0 Å². The van der Waals surface area contributed by atoms with Crippen molar-refractivity contribution in [1.82, 2.24) is 24.1 Å². The molecule has 6 nitrogen and oxygen atoms in total. The highest BCUT2D eigenvalue weighted by atomic mass is 15.0. The fourth-order valence-electron chi connectivity index (χ4n) is 14.1. The molecule has 2 aliphatic carbocycles. The summed E-state index contributed by atoms with van der Waals surface area (Å²) in [6.45, 7) is 9.50. The van der Waals surface area contributed by atoms with Crippen LogP contribution in [0, 0.1) is 11.3 Å². The molecule has 0 N–H and O–H groups in total. The Morgan fingerprint density at radius 1 is 0.329 bits per heavy atom. The highest BCUT2D eigenvalue weighted by Crippen LogP contribution is 2.56. The van der Waals surface area contributed by atoms with Crippen molar-refractivity contribution in [3.05, 3.63) is 270 Å². The van der Waals surface area contributed by atoms with Crippen LogP contribution in [0.4, 0.5) is 0 Å². The van der Waals surface area contributed by atoms with Gasteiger partial charge in [-0.1, -0.05) is 204 Å². The Balaban J connectivity index is 0.984. The normalized spacial score (nSPS) is 13.5. The standard InChI is InChI=1S/C76H52N6/c1-75(2)60-27-15-11-23-52(60)54-37-41-66-68(70(54)75)56-25-13-17-29-62(56)81(66)64-39-35-50(43-58(64)47-33-31-46(45-77)32-34-47)59-44-51(74-79-72(48-19-7-5-8-20-48)78-73(80-74)49-21-9-6-10-22-49)36-40-65(59)82-63-30-18-14-26-57(63)69-67(82)42-38-55-53-24-12-16-28-61(53)76(3,4)71(55)69/h5-44H,1-4H3. The summed E-state index contributed by atoms with van der Waals surface area (Å²) in [5, 5.41) is 15.1. The predicted octanol–water partition coefficient (Wildman–Crippen LogP) is 18.9. The first-order valence-electron chi connectivity index (χ1n) is 28.2. The molecule has 11 aromatic carbocycles. The summed E-state index contributed by atoms with van der Waals surface area (Å²) < 4.78 is 4.94. The monoisotopic (exact) mass is 1050 g/mol. The van der Waals surface area contributed by atoms with Crippen LogP contribution >= 0.6 is 0 Å². The Hall–Kier alpha value is -10.5. The molecule has 0 spiro atoms. The van der Waals surface area contributed by atoms with Gasteiger partial charge in [-0.25, -0.2) is 15.0 Å². The lowest BCUT2D eigenvalue weighted by Gasteiger charge is -2.23. The minimum absolute atomic E-state index is 0.226. The van der Waals surface area contributed by atoms with Crippen LogP contribution in [0.15, 0.2) is 243 Å². The van der Waals surface area contributed by atoms with Crippen molar-refractivity contribution in [2.45, 2.75) is 38.5 Å². The van der Waals surface area contributed by atoms with Crippen molar-refractivity contribution in [1.29, 1.82) is 5.26 Å². The molecule has 0 saturated heterocycles. The van der Waals surface area contributed by atoms with Crippen molar-refractivity contribution < 1.29 is 0 Å². The van der Waals surface area contributed by atoms with E-state index in [9.17, 15) is 5.26 Å². The van der Waals surface area contributed by atoms with E-state index < -0.39 is 0 Å². The van der Waals surface area contributed by atoms with Gasteiger partial charge in [-0.05, 0) is 122 Å². The zero-order chi connectivity index (χ0) is 55.0. The van der Waals surface area contributed by atoms with E-state index in [1.165, 1.54) is 66.1 Å². The van der Waals surface area contributed by atoms with Crippen LogP contribution in [0.3, 0.4) is 0 Å². The maximum absolute atomic E-state index is 10.1. The summed E-state index contributed by atoms with van der Waals surface area (Å²) in [5.41, 5.74) is 24.0. The molecule has 0 saturated carbocycles. The SMILES string of the molecule is CC1(C)c2ccccc2-c2ccc3c(c21)c1ccccc1n3-c1ccc(-c2nc(-c3ccccc3)nc(-c3ccccc3)n2)cc1-c1ccc(-n2c3ccccc3c3c4c(ccc32)-c2ccccc2C4(C)C)c(-c2ccc(C#N)cc2)c1. The number of aromatic nitrogens is 5. The van der Waals surface area contributed by atoms with E-state index in [1.54, 1.807) is 0 Å². The fourth-order valence-corrected chi connectivity index (χ4v) is 14.1. The molecule has 0 fully saturated rings. The van der Waals surface area contributed by atoms with Gasteiger partial charge in [-0.3, -0.25) is 0 Å². The molecule has 6 heteroatoms. The third kappa shape index (κ3) is 6.90. The lowest BCUT2D eigenvalue weighted by molar-refractivity contribution is 0.666. The van der Waals surface area contributed by atoms with Crippen LogP contribution in [0.2, 0.25) is 0 Å². The highest BCUT2D eigenvalue weighted by molar-refractivity contribution is 6.16. The molecular formula is C76H52N6. The molecule has 0 unspecified atom stereocenters. The van der Waals surface area contributed by atoms with Gasteiger partial charge >= 0.3 is 0 Å². The first-order chi connectivity index (χ1) is 40.2. The predicted molar refractivity (Wildman–Crippen MR) is 336 cm³/mol. The Kier molecular flexibility index (Phi) is 10.3. The Bertz CT molecular complexity index is 4980. The number of nitriles is 1. The van der Waals surface area contributed by atoms with Crippen LogP contribution in [0.5, 0.6) is 0 Å². The Morgan fingerprint density at radius 3 is 1.23 bits per heavy atom. The summed E-state index contributed by atoms with van der Waals surface area (Å²) in [7, 11) is 0. The Morgan fingerprint density at radius 2 is 0.732 bits per heavy atom. The van der Waals surface area contributed by atoms with Gasteiger partial charge in [-0.15, -0.1) is 0 Å². The number of para-hydroxylation sites is 2. The molecule has 16 rings (SSSR count). The quantitative estimate of drug-likeness (QED) is 0.159. The van der Waals surface area contributed by atoms with E-state index in [1.807, 2.05) is 48.5 Å². The van der Waals surface area contributed by atoms with Crippen LogP contribution in [-0.4, -0.2) is 24.1 Å². The zero-order valence-electron chi connectivity index (χ0n) is 45.8. The molecule has 82 heavy (non-hydrogen) atoms. The topological polar surface area (TPSA) is 72.3 Å². The van der Waals surface area contributed by atoms with Gasteiger partial charge in [0.15, 0.2) is 17.5 Å². The summed E-state index contributed by atoms with van der Waals surface area (Å²) in [4.78, 5) is 15.6. The molecule has 386 valence electrons. The van der Waals surface area contributed by atoms with Crippen LogP contribution in [-0.2, 0) is 10.8 Å². The molecule has 0 radical (unpaired) electrons. The first-order valence-corrected chi connectivity index (χ1v) is 28.2. The lowest BCUT2D eigenvalue weighted by Crippen LogP contribution is -2.15. The molecule has 14 aromatic rings. The van der Waals surface area contributed by atoms with Crippen molar-refractivity contribution in [2.75, 3.05) is 0 Å². The molecule has 0 bridgehead atoms. The van der Waals surface area contributed by atoms with Gasteiger partial charge in [0.05, 0.1) is 45.1 Å². The maximum atomic E-state index is 10.1. The van der Waals surface area contributed by atoms with Crippen molar-refractivity contribution in [3.8, 4) is 96.1 Å². The molecule has 3 heterocycles. The molecule has 0 amide bonds. The van der Waals surface area contributed by atoms with Gasteiger partial charge < -0.3 is 9.13 Å². The van der Waals surface area contributed by atoms with E-state index in [2.05, 4.69) is 237 Å².